The smallest absolute Gasteiger partial charge is 0.342 e. The van der Waals surface area contributed by atoms with Crippen molar-refractivity contribution in [1.82, 2.24) is 5.32 Å². The zero-order valence-corrected chi connectivity index (χ0v) is 12.9. The first-order chi connectivity index (χ1) is 9.72. The Labute approximate surface area is 129 Å². The van der Waals surface area contributed by atoms with Crippen molar-refractivity contribution in [2.24, 2.45) is 0 Å². The third-order valence-electron chi connectivity index (χ3n) is 2.89. The number of piperidine rings is 1. The van der Waals surface area contributed by atoms with Gasteiger partial charge in [-0.15, -0.1) is 23.2 Å². The van der Waals surface area contributed by atoms with Crippen molar-refractivity contribution >= 4 is 29.2 Å². The number of rotatable bonds is 3. The lowest BCUT2D eigenvalue weighted by Crippen LogP contribution is -2.33. The molecule has 1 fully saturated rings. The molecule has 0 saturated carbocycles. The van der Waals surface area contributed by atoms with E-state index in [4.69, 9.17) is 32.7 Å². The highest BCUT2D eigenvalue weighted by molar-refractivity contribution is 6.40. The summed E-state index contributed by atoms with van der Waals surface area (Å²) in [6.45, 7) is 1.81. The molecule has 0 amide bonds. The van der Waals surface area contributed by atoms with Crippen LogP contribution in [0, 0.1) is 0 Å². The molecule has 1 aliphatic rings. The fourth-order valence-corrected chi connectivity index (χ4v) is 1.94. The van der Waals surface area contributed by atoms with Gasteiger partial charge in [0, 0.05) is 0 Å². The molecule has 1 aromatic rings. The van der Waals surface area contributed by atoms with Gasteiger partial charge in [0.1, 0.15) is 17.4 Å². The molecule has 0 aliphatic carbocycles. The summed E-state index contributed by atoms with van der Waals surface area (Å²) in [6.07, 6.45) is 1.77. The van der Waals surface area contributed by atoms with E-state index < -0.39 is 0 Å². The molecule has 0 atom stereocenters. The molecule has 20 heavy (non-hydrogen) atoms. The highest BCUT2D eigenvalue weighted by Gasteiger charge is 2.20. The predicted molar refractivity (Wildman–Crippen MR) is 80.9 cm³/mol. The minimum Gasteiger partial charge on any atom is -0.496 e. The topological polar surface area (TPSA) is 47.6 Å². The van der Waals surface area contributed by atoms with Crippen molar-refractivity contribution in [1.29, 1.82) is 0 Å². The van der Waals surface area contributed by atoms with E-state index in [2.05, 4.69) is 5.32 Å². The highest BCUT2D eigenvalue weighted by atomic mass is 35.5. The zero-order valence-electron chi connectivity index (χ0n) is 11.4. The Morgan fingerprint density at radius 1 is 1.30 bits per heavy atom. The fourth-order valence-electron chi connectivity index (χ4n) is 1.94. The van der Waals surface area contributed by atoms with Gasteiger partial charge in [-0.25, -0.2) is 4.79 Å². The Hall–Kier alpha value is -0.970. The molecule has 1 aromatic carbocycles. The van der Waals surface area contributed by atoms with Gasteiger partial charge in [-0.05, 0) is 38.1 Å². The number of alkyl halides is 2. The fraction of sp³-hybridized carbons (Fsp3) is 0.500. The zero-order chi connectivity index (χ0) is 14.8. The molecule has 1 aliphatic heterocycles. The van der Waals surface area contributed by atoms with E-state index in [9.17, 15) is 4.79 Å². The molecule has 1 N–H and O–H groups in total. The first-order valence-electron chi connectivity index (χ1n) is 6.39. The summed E-state index contributed by atoms with van der Waals surface area (Å²) in [5.41, 5.74) is 0.494. The highest BCUT2D eigenvalue weighted by Crippen LogP contribution is 2.20. The van der Waals surface area contributed by atoms with E-state index in [0.717, 1.165) is 25.9 Å². The standard InChI is InChI=1S/C13H17NO3.CH2Cl2/c1-16-12-5-3-2-4-11(12)13(15)17-10-6-8-14-9-7-10;2-1-3/h2-5,10,14H,6-9H2,1H3;1H2. The summed E-state index contributed by atoms with van der Waals surface area (Å²) < 4.78 is 10.6. The van der Waals surface area contributed by atoms with Crippen LogP contribution in [0.1, 0.15) is 23.2 Å². The van der Waals surface area contributed by atoms with E-state index in [1.165, 1.54) is 0 Å². The first-order valence-corrected chi connectivity index (χ1v) is 7.46. The van der Waals surface area contributed by atoms with Crippen LogP contribution in [-0.4, -0.2) is 37.6 Å². The lowest BCUT2D eigenvalue weighted by Gasteiger charge is -2.23. The van der Waals surface area contributed by atoms with Gasteiger partial charge in [0.2, 0.25) is 0 Å². The second-order valence-electron chi connectivity index (χ2n) is 4.16. The Morgan fingerprint density at radius 3 is 2.50 bits per heavy atom. The molecule has 0 spiro atoms. The van der Waals surface area contributed by atoms with Crippen molar-refractivity contribution in [3.05, 3.63) is 29.8 Å². The van der Waals surface area contributed by atoms with Crippen molar-refractivity contribution in [2.45, 2.75) is 18.9 Å². The van der Waals surface area contributed by atoms with Gasteiger partial charge in [-0.3, -0.25) is 0 Å². The maximum Gasteiger partial charge on any atom is 0.342 e. The van der Waals surface area contributed by atoms with E-state index >= 15 is 0 Å². The van der Waals surface area contributed by atoms with Gasteiger partial charge in [-0.2, -0.15) is 0 Å². The number of benzene rings is 1. The molecular weight excluding hydrogens is 301 g/mol. The number of carbonyl (C=O) groups excluding carboxylic acids is 1. The molecule has 0 bridgehead atoms. The van der Waals surface area contributed by atoms with E-state index in [1.54, 1.807) is 19.2 Å². The van der Waals surface area contributed by atoms with Crippen LogP contribution in [0.2, 0.25) is 0 Å². The Bertz CT molecular complexity index is 409. The molecule has 1 heterocycles. The number of hydrogen-bond donors (Lipinski definition) is 1. The SMILES string of the molecule is COc1ccccc1C(=O)OC1CCNCC1.ClCCl. The predicted octanol–water partition coefficient (Wildman–Crippen LogP) is 3.03. The van der Waals surface area contributed by atoms with Crippen LogP contribution >= 0.6 is 23.2 Å². The molecule has 0 unspecified atom stereocenters. The second kappa shape index (κ2) is 9.86. The molecule has 0 aromatic heterocycles. The Morgan fingerprint density at radius 2 is 1.90 bits per heavy atom. The number of halogens is 2. The lowest BCUT2D eigenvalue weighted by atomic mass is 10.1. The lowest BCUT2D eigenvalue weighted by molar-refractivity contribution is 0.0226. The normalized spacial score (nSPS) is 14.9. The average Bonchev–Trinajstić information content (AvgIpc) is 2.49. The monoisotopic (exact) mass is 319 g/mol. The molecule has 4 nitrogen and oxygen atoms in total. The van der Waals surface area contributed by atoms with Crippen LogP contribution in [0.15, 0.2) is 24.3 Å². The minimum absolute atomic E-state index is 0.0219. The number of hydrogen-bond acceptors (Lipinski definition) is 4. The van der Waals surface area contributed by atoms with Crippen LogP contribution in [0.25, 0.3) is 0 Å². The van der Waals surface area contributed by atoms with Crippen LogP contribution in [0.5, 0.6) is 5.75 Å². The van der Waals surface area contributed by atoms with Crippen molar-refractivity contribution in [2.75, 3.05) is 25.5 Å². The number of carbonyl (C=O) groups is 1. The molecular formula is C14H19Cl2NO3. The molecule has 2 rings (SSSR count). The summed E-state index contributed by atoms with van der Waals surface area (Å²) in [5, 5.41) is 3.43. The van der Waals surface area contributed by atoms with Crippen LogP contribution in [-0.2, 0) is 4.74 Å². The number of methoxy groups -OCH3 is 1. The van der Waals surface area contributed by atoms with E-state index in [1.807, 2.05) is 12.1 Å². The van der Waals surface area contributed by atoms with Crippen LogP contribution in [0.4, 0.5) is 0 Å². The van der Waals surface area contributed by atoms with Gasteiger partial charge < -0.3 is 14.8 Å². The summed E-state index contributed by atoms with van der Waals surface area (Å²) in [7, 11) is 1.55. The quantitative estimate of drug-likeness (QED) is 0.687. The second-order valence-corrected chi connectivity index (χ2v) is 4.96. The van der Waals surface area contributed by atoms with Gasteiger partial charge in [0.05, 0.1) is 12.4 Å². The van der Waals surface area contributed by atoms with Gasteiger partial charge in [0.25, 0.3) is 0 Å². The molecule has 112 valence electrons. The Balaban J connectivity index is 0.000000612. The summed E-state index contributed by atoms with van der Waals surface area (Å²) >= 11 is 9.53. The van der Waals surface area contributed by atoms with E-state index in [0.29, 0.717) is 11.3 Å². The van der Waals surface area contributed by atoms with Crippen molar-refractivity contribution in [3.8, 4) is 5.75 Å². The minimum atomic E-state index is -0.297. The number of ether oxygens (including phenoxy) is 2. The van der Waals surface area contributed by atoms with Gasteiger partial charge in [-0.1, -0.05) is 12.1 Å². The molecule has 6 heteroatoms. The third kappa shape index (κ3) is 5.57. The molecule has 1 saturated heterocycles. The van der Waals surface area contributed by atoms with Crippen molar-refractivity contribution in [3.63, 3.8) is 0 Å². The van der Waals surface area contributed by atoms with Crippen molar-refractivity contribution < 1.29 is 14.3 Å². The van der Waals surface area contributed by atoms with E-state index in [-0.39, 0.29) is 17.4 Å². The number of esters is 1. The van der Waals surface area contributed by atoms with Crippen LogP contribution in [0.3, 0.4) is 0 Å². The van der Waals surface area contributed by atoms with Gasteiger partial charge in [0.15, 0.2) is 0 Å². The third-order valence-corrected chi connectivity index (χ3v) is 2.89. The Kier molecular flexibility index (Phi) is 8.42. The maximum absolute atomic E-state index is 12.0. The summed E-state index contributed by atoms with van der Waals surface area (Å²) in [6, 6.07) is 7.13. The number of nitrogens with one attached hydrogen (secondary N) is 1. The molecule has 0 radical (unpaired) electrons. The first kappa shape index (κ1) is 17.1. The number of para-hydroxylation sites is 1. The summed E-state index contributed by atoms with van der Waals surface area (Å²) in [5.74, 6) is 0.265. The summed E-state index contributed by atoms with van der Waals surface area (Å²) in [4.78, 5) is 12.0. The van der Waals surface area contributed by atoms with Gasteiger partial charge >= 0.3 is 5.97 Å². The van der Waals surface area contributed by atoms with Crippen LogP contribution < -0.4 is 10.1 Å². The average molecular weight is 320 g/mol. The maximum atomic E-state index is 12.0. The largest absolute Gasteiger partial charge is 0.496 e.